The van der Waals surface area contributed by atoms with Crippen molar-refractivity contribution in [3.63, 3.8) is 0 Å². The molecule has 2 aromatic rings. The lowest BCUT2D eigenvalue weighted by molar-refractivity contribution is 1.20. The topological polar surface area (TPSA) is 51.8 Å². The van der Waals surface area contributed by atoms with Crippen molar-refractivity contribution in [1.29, 1.82) is 0 Å². The maximum absolute atomic E-state index is 5.77. The van der Waals surface area contributed by atoms with E-state index in [1.807, 2.05) is 19.1 Å². The standard InChI is InChI=1S/C7H7N3S/c1-4-2-3-5-7(6(4)8)9-10-11-5/h2-3H,8H2,1H3. The Bertz CT molecular complexity index is 393. The first kappa shape index (κ1) is 6.54. The fourth-order valence-electron chi connectivity index (χ4n) is 0.971. The van der Waals surface area contributed by atoms with Gasteiger partial charge in [-0.2, -0.15) is 0 Å². The highest BCUT2D eigenvalue weighted by molar-refractivity contribution is 7.13. The molecule has 2 rings (SSSR count). The van der Waals surface area contributed by atoms with Gasteiger partial charge in [0, 0.05) is 0 Å². The van der Waals surface area contributed by atoms with Crippen molar-refractivity contribution in [3.8, 4) is 0 Å². The van der Waals surface area contributed by atoms with E-state index >= 15 is 0 Å². The molecule has 1 heterocycles. The van der Waals surface area contributed by atoms with Gasteiger partial charge in [-0.3, -0.25) is 0 Å². The number of aromatic nitrogens is 2. The molecule has 0 atom stereocenters. The van der Waals surface area contributed by atoms with Gasteiger partial charge in [0.25, 0.3) is 0 Å². The third-order valence-electron chi connectivity index (χ3n) is 1.68. The molecule has 0 saturated carbocycles. The van der Waals surface area contributed by atoms with Gasteiger partial charge in [-0.25, -0.2) is 0 Å². The molecule has 1 aromatic carbocycles. The Balaban J connectivity index is 2.93. The van der Waals surface area contributed by atoms with Crippen LogP contribution in [0.2, 0.25) is 0 Å². The van der Waals surface area contributed by atoms with Crippen molar-refractivity contribution in [2.24, 2.45) is 0 Å². The number of fused-ring (bicyclic) bond motifs is 1. The van der Waals surface area contributed by atoms with Gasteiger partial charge in [0.05, 0.1) is 10.4 Å². The average molecular weight is 165 g/mol. The smallest absolute Gasteiger partial charge is 0.129 e. The van der Waals surface area contributed by atoms with Gasteiger partial charge in [-0.1, -0.05) is 10.6 Å². The summed E-state index contributed by atoms with van der Waals surface area (Å²) in [6.45, 7) is 1.97. The zero-order valence-corrected chi connectivity index (χ0v) is 6.85. The van der Waals surface area contributed by atoms with Gasteiger partial charge >= 0.3 is 0 Å². The summed E-state index contributed by atoms with van der Waals surface area (Å²) in [5.74, 6) is 0. The molecule has 0 unspecified atom stereocenters. The molecule has 0 amide bonds. The molecule has 11 heavy (non-hydrogen) atoms. The SMILES string of the molecule is Cc1ccc2snnc2c1N. The van der Waals surface area contributed by atoms with Crippen molar-refractivity contribution < 1.29 is 0 Å². The number of rotatable bonds is 0. The Hall–Kier alpha value is -1.16. The number of hydrogen-bond donors (Lipinski definition) is 1. The van der Waals surface area contributed by atoms with Gasteiger partial charge in [0.1, 0.15) is 5.52 Å². The van der Waals surface area contributed by atoms with Gasteiger partial charge < -0.3 is 5.73 Å². The van der Waals surface area contributed by atoms with Crippen LogP contribution in [0.3, 0.4) is 0 Å². The van der Waals surface area contributed by atoms with Crippen LogP contribution in [-0.2, 0) is 0 Å². The minimum Gasteiger partial charge on any atom is -0.397 e. The van der Waals surface area contributed by atoms with Gasteiger partial charge in [-0.05, 0) is 30.1 Å². The van der Waals surface area contributed by atoms with Crippen LogP contribution in [0.5, 0.6) is 0 Å². The van der Waals surface area contributed by atoms with Crippen LogP contribution in [0.4, 0.5) is 5.69 Å². The molecule has 0 aliphatic carbocycles. The van der Waals surface area contributed by atoms with E-state index < -0.39 is 0 Å². The molecule has 3 nitrogen and oxygen atoms in total. The molecule has 0 aliphatic rings. The summed E-state index contributed by atoms with van der Waals surface area (Å²) in [5, 5.41) is 3.92. The van der Waals surface area contributed by atoms with Crippen LogP contribution < -0.4 is 5.73 Å². The number of hydrogen-bond acceptors (Lipinski definition) is 4. The van der Waals surface area contributed by atoms with Crippen molar-refractivity contribution in [2.75, 3.05) is 5.73 Å². The first-order chi connectivity index (χ1) is 5.29. The van der Waals surface area contributed by atoms with E-state index in [-0.39, 0.29) is 0 Å². The second-order valence-corrected chi connectivity index (χ2v) is 3.20. The Morgan fingerprint density at radius 1 is 1.45 bits per heavy atom. The lowest BCUT2D eigenvalue weighted by Crippen LogP contribution is -1.89. The molecule has 0 aliphatic heterocycles. The molecule has 56 valence electrons. The Morgan fingerprint density at radius 2 is 2.27 bits per heavy atom. The fourth-order valence-corrected chi connectivity index (χ4v) is 1.55. The first-order valence-corrected chi connectivity index (χ1v) is 4.03. The van der Waals surface area contributed by atoms with E-state index in [4.69, 9.17) is 5.73 Å². The van der Waals surface area contributed by atoms with Crippen LogP contribution in [0.15, 0.2) is 12.1 Å². The maximum Gasteiger partial charge on any atom is 0.129 e. The average Bonchev–Trinajstić information content (AvgIpc) is 2.45. The van der Waals surface area contributed by atoms with Crippen LogP contribution >= 0.6 is 11.5 Å². The van der Waals surface area contributed by atoms with E-state index in [1.54, 1.807) is 0 Å². The summed E-state index contributed by atoms with van der Waals surface area (Å²) in [6.07, 6.45) is 0. The Labute approximate surface area is 68.0 Å². The van der Waals surface area contributed by atoms with Crippen LogP contribution in [-0.4, -0.2) is 9.59 Å². The van der Waals surface area contributed by atoms with Crippen molar-refractivity contribution >= 4 is 27.4 Å². The largest absolute Gasteiger partial charge is 0.397 e. The second kappa shape index (κ2) is 2.17. The number of benzene rings is 1. The predicted molar refractivity (Wildman–Crippen MR) is 46.6 cm³/mol. The quantitative estimate of drug-likeness (QED) is 0.603. The highest BCUT2D eigenvalue weighted by Crippen LogP contribution is 2.23. The molecular formula is C7H7N3S. The minimum absolute atomic E-state index is 0.747. The second-order valence-electron chi connectivity index (χ2n) is 2.42. The molecule has 0 saturated heterocycles. The highest BCUT2D eigenvalue weighted by Gasteiger charge is 2.03. The van der Waals surface area contributed by atoms with Crippen molar-refractivity contribution in [3.05, 3.63) is 17.7 Å². The maximum atomic E-state index is 5.77. The Kier molecular flexibility index (Phi) is 1.29. The summed E-state index contributed by atoms with van der Waals surface area (Å²) >= 11 is 1.37. The number of anilines is 1. The molecule has 0 spiro atoms. The summed E-state index contributed by atoms with van der Waals surface area (Å²) in [5.41, 5.74) is 8.40. The van der Waals surface area contributed by atoms with E-state index in [2.05, 4.69) is 9.59 Å². The summed E-state index contributed by atoms with van der Waals surface area (Å²) in [6, 6.07) is 3.98. The highest BCUT2D eigenvalue weighted by atomic mass is 32.1. The van der Waals surface area contributed by atoms with Crippen molar-refractivity contribution in [2.45, 2.75) is 6.92 Å². The summed E-state index contributed by atoms with van der Waals surface area (Å²) in [4.78, 5) is 0. The molecule has 1 aromatic heterocycles. The zero-order valence-electron chi connectivity index (χ0n) is 6.03. The fraction of sp³-hybridized carbons (Fsp3) is 0.143. The van der Waals surface area contributed by atoms with E-state index in [1.165, 1.54) is 11.5 Å². The predicted octanol–water partition coefficient (Wildman–Crippen LogP) is 1.58. The number of nitrogens with zero attached hydrogens (tertiary/aromatic N) is 2. The monoisotopic (exact) mass is 165 g/mol. The molecule has 0 fully saturated rings. The molecule has 4 heteroatoms. The van der Waals surface area contributed by atoms with Crippen LogP contribution in [0, 0.1) is 6.92 Å². The van der Waals surface area contributed by atoms with Gasteiger partial charge in [0.2, 0.25) is 0 Å². The zero-order chi connectivity index (χ0) is 7.84. The molecular weight excluding hydrogens is 158 g/mol. The lowest BCUT2D eigenvalue weighted by atomic mass is 10.2. The molecule has 0 radical (unpaired) electrons. The molecule has 0 bridgehead atoms. The first-order valence-electron chi connectivity index (χ1n) is 3.26. The third-order valence-corrected chi connectivity index (χ3v) is 2.37. The van der Waals surface area contributed by atoms with Crippen molar-refractivity contribution in [1.82, 2.24) is 9.59 Å². The lowest BCUT2D eigenvalue weighted by Gasteiger charge is -1.96. The summed E-state index contributed by atoms with van der Waals surface area (Å²) in [7, 11) is 0. The normalized spacial score (nSPS) is 10.6. The Morgan fingerprint density at radius 3 is 3.09 bits per heavy atom. The van der Waals surface area contributed by atoms with Crippen LogP contribution in [0.25, 0.3) is 10.2 Å². The van der Waals surface area contributed by atoms with Gasteiger partial charge in [0.15, 0.2) is 0 Å². The number of nitrogens with two attached hydrogens (primary N) is 1. The number of aryl methyl sites for hydroxylation is 1. The molecule has 2 N–H and O–H groups in total. The minimum atomic E-state index is 0.747. The van der Waals surface area contributed by atoms with E-state index in [0.717, 1.165) is 21.5 Å². The number of nitrogen functional groups attached to an aromatic ring is 1. The van der Waals surface area contributed by atoms with E-state index in [0.29, 0.717) is 0 Å². The van der Waals surface area contributed by atoms with Gasteiger partial charge in [-0.15, -0.1) is 5.10 Å². The third kappa shape index (κ3) is 0.867. The van der Waals surface area contributed by atoms with Crippen LogP contribution in [0.1, 0.15) is 5.56 Å². The van der Waals surface area contributed by atoms with E-state index in [9.17, 15) is 0 Å². The summed E-state index contributed by atoms with van der Waals surface area (Å²) < 4.78 is 4.86.